The summed E-state index contributed by atoms with van der Waals surface area (Å²) in [6, 6.07) is 13.1. The van der Waals surface area contributed by atoms with E-state index < -0.39 is 5.97 Å². The molecule has 2 heterocycles. The van der Waals surface area contributed by atoms with Crippen LogP contribution in [0.15, 0.2) is 53.9 Å². The Bertz CT molecular complexity index is 1120. The van der Waals surface area contributed by atoms with E-state index in [-0.39, 0.29) is 37.0 Å². The van der Waals surface area contributed by atoms with E-state index in [4.69, 9.17) is 9.47 Å². The molecule has 178 valence electrons. The van der Waals surface area contributed by atoms with Crippen LogP contribution >= 0.6 is 11.3 Å². The van der Waals surface area contributed by atoms with E-state index in [1.807, 2.05) is 10.3 Å². The number of thiazole rings is 1. The molecule has 0 unspecified atom stereocenters. The summed E-state index contributed by atoms with van der Waals surface area (Å²) in [6.07, 6.45) is 3.17. The van der Waals surface area contributed by atoms with Gasteiger partial charge in [0.1, 0.15) is 23.2 Å². The van der Waals surface area contributed by atoms with E-state index >= 15 is 0 Å². The monoisotopic (exact) mass is 482 g/mol. The van der Waals surface area contributed by atoms with Crippen molar-refractivity contribution in [1.82, 2.24) is 9.88 Å². The molecule has 0 radical (unpaired) electrons. The van der Waals surface area contributed by atoms with Gasteiger partial charge < -0.3 is 14.4 Å². The van der Waals surface area contributed by atoms with Gasteiger partial charge in [-0.05, 0) is 81.6 Å². The predicted octanol–water partition coefficient (Wildman–Crippen LogP) is 5.47. The zero-order valence-corrected chi connectivity index (χ0v) is 20.0. The number of rotatable bonds is 7. The number of likely N-dealkylation sites (tertiary alicyclic amines) is 1. The first kappa shape index (κ1) is 23.9. The minimum atomic E-state index is -0.477. The molecule has 1 amide bonds. The summed E-state index contributed by atoms with van der Waals surface area (Å²) in [5.41, 5.74) is 1.81. The van der Waals surface area contributed by atoms with Crippen molar-refractivity contribution < 1.29 is 23.5 Å². The third-order valence-electron chi connectivity index (χ3n) is 5.93. The average molecular weight is 483 g/mol. The lowest BCUT2D eigenvalue weighted by Crippen LogP contribution is -2.49. The Hall–Kier alpha value is -3.26. The molecule has 0 spiro atoms. The molecule has 0 bridgehead atoms. The summed E-state index contributed by atoms with van der Waals surface area (Å²) < 4.78 is 24.1. The number of piperidine rings is 1. The van der Waals surface area contributed by atoms with Gasteiger partial charge in [-0.1, -0.05) is 0 Å². The highest BCUT2D eigenvalue weighted by Crippen LogP contribution is 2.25. The number of hydrogen-bond acceptors (Lipinski definition) is 6. The molecular weight excluding hydrogens is 455 g/mol. The standard InChI is InChI=1S/C26H27FN2O4S/c1-17-4-3-5-18(2)29(17)24(30)15-32-23-12-8-20(9-13-23)26(31)33-14-22-16-34-25(28-22)19-6-10-21(27)11-7-19/h6-13,16-18H,3-5,14-15H2,1-2H3/t17-,18-/m1/s1. The smallest absolute Gasteiger partial charge is 0.338 e. The first-order valence-corrected chi connectivity index (χ1v) is 12.2. The predicted molar refractivity (Wildman–Crippen MR) is 128 cm³/mol. The molecule has 2 atom stereocenters. The van der Waals surface area contributed by atoms with E-state index in [2.05, 4.69) is 18.8 Å². The fourth-order valence-corrected chi connectivity index (χ4v) is 4.95. The number of aromatic nitrogens is 1. The molecule has 0 aliphatic carbocycles. The summed E-state index contributed by atoms with van der Waals surface area (Å²) in [6.45, 7) is 4.15. The van der Waals surface area contributed by atoms with Gasteiger partial charge in [0.25, 0.3) is 5.91 Å². The molecule has 1 saturated heterocycles. The van der Waals surface area contributed by atoms with Crippen LogP contribution in [0.4, 0.5) is 4.39 Å². The zero-order chi connectivity index (χ0) is 24.1. The van der Waals surface area contributed by atoms with Gasteiger partial charge in [-0.3, -0.25) is 4.79 Å². The molecule has 6 nitrogen and oxygen atoms in total. The van der Waals surface area contributed by atoms with Crippen LogP contribution in [0.3, 0.4) is 0 Å². The van der Waals surface area contributed by atoms with Crippen LogP contribution in [0.1, 0.15) is 49.2 Å². The summed E-state index contributed by atoms with van der Waals surface area (Å²) in [5, 5.41) is 2.54. The van der Waals surface area contributed by atoms with Crippen LogP contribution < -0.4 is 4.74 Å². The topological polar surface area (TPSA) is 68.7 Å². The SMILES string of the molecule is C[C@@H]1CCC[C@@H](C)N1C(=O)COc1ccc(C(=O)OCc2csc(-c3ccc(F)cc3)n2)cc1. The molecule has 0 N–H and O–H groups in total. The second-order valence-electron chi connectivity index (χ2n) is 8.47. The summed E-state index contributed by atoms with van der Waals surface area (Å²) in [4.78, 5) is 31.4. The van der Waals surface area contributed by atoms with Crippen molar-refractivity contribution in [3.63, 3.8) is 0 Å². The van der Waals surface area contributed by atoms with Crippen molar-refractivity contribution in [1.29, 1.82) is 0 Å². The fraction of sp³-hybridized carbons (Fsp3) is 0.346. The van der Waals surface area contributed by atoms with Crippen LogP contribution in [0.5, 0.6) is 5.75 Å². The molecule has 34 heavy (non-hydrogen) atoms. The summed E-state index contributed by atoms with van der Waals surface area (Å²) in [7, 11) is 0. The van der Waals surface area contributed by atoms with Gasteiger partial charge in [-0.2, -0.15) is 0 Å². The molecule has 4 rings (SSSR count). The number of carbonyl (C=O) groups is 2. The lowest BCUT2D eigenvalue weighted by atomic mass is 9.97. The van der Waals surface area contributed by atoms with Gasteiger partial charge in [0, 0.05) is 23.0 Å². The average Bonchev–Trinajstić information content (AvgIpc) is 3.31. The number of halogens is 1. The normalized spacial score (nSPS) is 17.9. The minimum Gasteiger partial charge on any atom is -0.484 e. The van der Waals surface area contributed by atoms with Gasteiger partial charge in [0.05, 0.1) is 11.3 Å². The highest BCUT2D eigenvalue weighted by atomic mass is 32.1. The van der Waals surface area contributed by atoms with Gasteiger partial charge in [0.15, 0.2) is 6.61 Å². The maximum Gasteiger partial charge on any atom is 0.338 e. The van der Waals surface area contributed by atoms with Gasteiger partial charge in [-0.15, -0.1) is 11.3 Å². The third-order valence-corrected chi connectivity index (χ3v) is 6.87. The fourth-order valence-electron chi connectivity index (χ4n) is 4.14. The van der Waals surface area contributed by atoms with E-state index in [9.17, 15) is 14.0 Å². The molecule has 1 aliphatic heterocycles. The van der Waals surface area contributed by atoms with Crippen molar-refractivity contribution in [3.8, 4) is 16.3 Å². The first-order valence-electron chi connectivity index (χ1n) is 11.3. The molecule has 1 fully saturated rings. The van der Waals surface area contributed by atoms with Crippen LogP contribution in [0.25, 0.3) is 10.6 Å². The summed E-state index contributed by atoms with van der Waals surface area (Å²) >= 11 is 1.40. The highest BCUT2D eigenvalue weighted by molar-refractivity contribution is 7.13. The Morgan fingerprint density at radius 3 is 2.41 bits per heavy atom. The first-order chi connectivity index (χ1) is 16.4. The van der Waals surface area contributed by atoms with Crippen molar-refractivity contribution in [2.24, 2.45) is 0 Å². The van der Waals surface area contributed by atoms with Crippen LogP contribution in [0, 0.1) is 5.82 Å². The van der Waals surface area contributed by atoms with Crippen LogP contribution in [-0.4, -0.2) is 40.5 Å². The number of amides is 1. The van der Waals surface area contributed by atoms with Gasteiger partial charge >= 0.3 is 5.97 Å². The lowest BCUT2D eigenvalue weighted by molar-refractivity contribution is -0.139. The Morgan fingerprint density at radius 1 is 1.06 bits per heavy atom. The minimum absolute atomic E-state index is 0.0218. The molecule has 0 saturated carbocycles. The Morgan fingerprint density at radius 2 is 1.74 bits per heavy atom. The van der Waals surface area contributed by atoms with Crippen molar-refractivity contribution in [2.45, 2.75) is 51.8 Å². The molecule has 8 heteroatoms. The van der Waals surface area contributed by atoms with Gasteiger partial charge in [0.2, 0.25) is 0 Å². The zero-order valence-electron chi connectivity index (χ0n) is 19.2. The number of carbonyl (C=O) groups excluding carboxylic acids is 2. The second-order valence-corrected chi connectivity index (χ2v) is 9.33. The van der Waals surface area contributed by atoms with E-state index in [0.29, 0.717) is 17.0 Å². The van der Waals surface area contributed by atoms with Crippen molar-refractivity contribution in [2.75, 3.05) is 6.61 Å². The number of esters is 1. The Kier molecular flexibility index (Phi) is 7.57. The Labute approximate surface area is 202 Å². The largest absolute Gasteiger partial charge is 0.484 e. The number of hydrogen-bond donors (Lipinski definition) is 0. The third kappa shape index (κ3) is 5.80. The van der Waals surface area contributed by atoms with E-state index in [0.717, 1.165) is 29.8 Å². The van der Waals surface area contributed by atoms with Crippen LogP contribution in [-0.2, 0) is 16.1 Å². The second kappa shape index (κ2) is 10.8. The van der Waals surface area contributed by atoms with Gasteiger partial charge in [-0.25, -0.2) is 14.2 Å². The van der Waals surface area contributed by atoms with Crippen LogP contribution in [0.2, 0.25) is 0 Å². The number of ether oxygens (including phenoxy) is 2. The van der Waals surface area contributed by atoms with E-state index in [1.165, 1.54) is 23.5 Å². The van der Waals surface area contributed by atoms with E-state index in [1.54, 1.807) is 36.4 Å². The molecule has 1 aromatic heterocycles. The highest BCUT2D eigenvalue weighted by Gasteiger charge is 2.29. The number of benzene rings is 2. The molecule has 3 aromatic rings. The maximum atomic E-state index is 13.1. The van der Waals surface area contributed by atoms with Crippen molar-refractivity contribution in [3.05, 3.63) is 71.0 Å². The quantitative estimate of drug-likeness (QED) is 0.418. The summed E-state index contributed by atoms with van der Waals surface area (Å²) in [5.74, 6) is -0.282. The van der Waals surface area contributed by atoms with Crippen molar-refractivity contribution >= 4 is 23.2 Å². The molecule has 1 aliphatic rings. The number of nitrogens with zero attached hydrogens (tertiary/aromatic N) is 2. The molecule has 2 aromatic carbocycles. The maximum absolute atomic E-state index is 13.1. The Balaban J connectivity index is 1.27. The molecular formula is C26H27FN2O4S. The lowest BCUT2D eigenvalue weighted by Gasteiger charge is -2.38.